The van der Waals surface area contributed by atoms with E-state index in [-0.39, 0.29) is 12.5 Å². The Kier molecular flexibility index (Phi) is 60.2. The highest BCUT2D eigenvalue weighted by atomic mass is 16.3. The zero-order chi connectivity index (χ0) is 49.9. The van der Waals surface area contributed by atoms with E-state index in [1.807, 2.05) is 0 Å². The Labute approximate surface area is 434 Å². The molecule has 0 rings (SSSR count). The van der Waals surface area contributed by atoms with Gasteiger partial charge in [0.25, 0.3) is 0 Å². The third-order valence-electron chi connectivity index (χ3n) is 15.2. The predicted molar refractivity (Wildman–Crippen MR) is 309 cm³/mol. The van der Waals surface area contributed by atoms with E-state index in [4.69, 9.17) is 0 Å². The molecule has 0 saturated carbocycles. The average Bonchev–Trinajstić information content (AvgIpc) is 3.35. The number of carbonyl (C=O) groups excluding carboxylic acids is 1. The van der Waals surface area contributed by atoms with Gasteiger partial charge in [0, 0.05) is 6.42 Å². The molecule has 0 aliphatic rings. The SMILES string of the molecule is CCCCCCC/C=C\C/C=C\CCCCCCCCCCCCCCCCCCCCCCCCCCCCCC(=O)NC(CO)C(O)CCCCCCCCCCCCCCCCCCCC. The number of amides is 1. The van der Waals surface area contributed by atoms with Gasteiger partial charge >= 0.3 is 0 Å². The van der Waals surface area contributed by atoms with E-state index in [1.54, 1.807) is 0 Å². The Morgan fingerprint density at radius 2 is 0.594 bits per heavy atom. The minimum atomic E-state index is -0.657. The number of allylic oxidation sites excluding steroid dienone is 4. The Morgan fingerprint density at radius 3 is 0.870 bits per heavy atom. The van der Waals surface area contributed by atoms with Crippen LogP contribution in [0.15, 0.2) is 24.3 Å². The maximum absolute atomic E-state index is 12.5. The van der Waals surface area contributed by atoms with E-state index in [2.05, 4.69) is 43.5 Å². The quantitative estimate of drug-likeness (QED) is 0.0420. The fourth-order valence-electron chi connectivity index (χ4n) is 10.3. The lowest BCUT2D eigenvalue weighted by atomic mass is 10.0. The monoisotopic (exact) mass is 970 g/mol. The smallest absolute Gasteiger partial charge is 0.220 e. The van der Waals surface area contributed by atoms with Gasteiger partial charge in [-0.3, -0.25) is 4.79 Å². The number of aliphatic hydroxyl groups excluding tert-OH is 2. The lowest BCUT2D eigenvalue weighted by Crippen LogP contribution is -2.45. The second kappa shape index (κ2) is 61.2. The van der Waals surface area contributed by atoms with Crippen molar-refractivity contribution in [2.24, 2.45) is 0 Å². The molecule has 2 unspecified atom stereocenters. The van der Waals surface area contributed by atoms with Crippen molar-refractivity contribution in [1.82, 2.24) is 5.32 Å². The molecule has 0 radical (unpaired) electrons. The van der Waals surface area contributed by atoms with Crippen LogP contribution in [0.25, 0.3) is 0 Å². The molecule has 2 atom stereocenters. The largest absolute Gasteiger partial charge is 0.394 e. The summed E-state index contributed by atoms with van der Waals surface area (Å²) in [6, 6.07) is -0.533. The van der Waals surface area contributed by atoms with Gasteiger partial charge in [0.1, 0.15) is 0 Å². The molecular formula is C65H127NO3. The molecule has 0 bridgehead atoms. The molecule has 1 amide bonds. The molecule has 3 N–H and O–H groups in total. The van der Waals surface area contributed by atoms with Crippen LogP contribution in [-0.4, -0.2) is 34.9 Å². The van der Waals surface area contributed by atoms with Crippen LogP contribution in [-0.2, 0) is 4.79 Å². The Hall–Kier alpha value is -1.13. The molecule has 0 aliphatic heterocycles. The van der Waals surface area contributed by atoms with Crippen LogP contribution in [0.4, 0.5) is 0 Å². The zero-order valence-electron chi connectivity index (χ0n) is 47.4. The van der Waals surface area contributed by atoms with Gasteiger partial charge in [-0.05, 0) is 44.9 Å². The van der Waals surface area contributed by atoms with Crippen molar-refractivity contribution >= 4 is 5.91 Å². The fourth-order valence-corrected chi connectivity index (χ4v) is 10.3. The van der Waals surface area contributed by atoms with Crippen molar-refractivity contribution < 1.29 is 15.0 Å². The van der Waals surface area contributed by atoms with E-state index in [0.29, 0.717) is 12.8 Å². The summed E-state index contributed by atoms with van der Waals surface area (Å²) >= 11 is 0. The van der Waals surface area contributed by atoms with Crippen molar-refractivity contribution in [3.05, 3.63) is 24.3 Å². The van der Waals surface area contributed by atoms with Gasteiger partial charge in [-0.2, -0.15) is 0 Å². The second-order valence-corrected chi connectivity index (χ2v) is 22.2. The predicted octanol–water partition coefficient (Wildman–Crippen LogP) is 21.4. The topological polar surface area (TPSA) is 69.6 Å². The summed E-state index contributed by atoms with van der Waals surface area (Å²) < 4.78 is 0. The molecule has 0 fully saturated rings. The molecule has 4 nitrogen and oxygen atoms in total. The fraction of sp³-hybridized carbons (Fsp3) is 0.923. The van der Waals surface area contributed by atoms with E-state index in [0.717, 1.165) is 32.1 Å². The molecule has 69 heavy (non-hydrogen) atoms. The van der Waals surface area contributed by atoms with Crippen LogP contribution in [0, 0.1) is 0 Å². The van der Waals surface area contributed by atoms with Crippen molar-refractivity contribution in [3.8, 4) is 0 Å². The lowest BCUT2D eigenvalue weighted by Gasteiger charge is -2.22. The molecule has 0 aromatic heterocycles. The standard InChI is InChI=1S/C65H127NO3/c1-3-5-7-9-11-13-15-17-19-21-23-24-25-26-27-28-29-30-31-32-33-34-35-36-37-38-39-40-41-42-43-45-47-49-51-53-55-57-59-61-65(69)66-63(62-67)64(68)60-58-56-54-52-50-48-46-44-22-20-18-16-14-12-10-8-6-4-2/h15,17,21,23,63-64,67-68H,3-14,16,18-20,22,24-62H2,1-2H3,(H,66,69)/b17-15-,23-21-. The summed E-state index contributed by atoms with van der Waals surface area (Å²) in [6.07, 6.45) is 82.1. The highest BCUT2D eigenvalue weighted by molar-refractivity contribution is 5.76. The van der Waals surface area contributed by atoms with Crippen LogP contribution >= 0.6 is 0 Å². The molecule has 0 spiro atoms. The van der Waals surface area contributed by atoms with E-state index >= 15 is 0 Å². The number of unbranched alkanes of at least 4 members (excludes halogenated alkanes) is 49. The van der Waals surface area contributed by atoms with Gasteiger partial charge in [0.2, 0.25) is 5.91 Å². The van der Waals surface area contributed by atoms with Gasteiger partial charge < -0.3 is 15.5 Å². The molecule has 4 heteroatoms. The average molecular weight is 971 g/mol. The molecule has 410 valence electrons. The first kappa shape index (κ1) is 67.9. The highest BCUT2D eigenvalue weighted by Crippen LogP contribution is 2.19. The van der Waals surface area contributed by atoms with Gasteiger partial charge in [-0.25, -0.2) is 0 Å². The zero-order valence-corrected chi connectivity index (χ0v) is 47.4. The molecule has 0 heterocycles. The van der Waals surface area contributed by atoms with Crippen molar-refractivity contribution in [2.45, 2.75) is 379 Å². The van der Waals surface area contributed by atoms with Crippen LogP contribution in [0.5, 0.6) is 0 Å². The van der Waals surface area contributed by atoms with Crippen LogP contribution < -0.4 is 5.32 Å². The summed E-state index contributed by atoms with van der Waals surface area (Å²) in [5.74, 6) is -0.0227. The van der Waals surface area contributed by atoms with Gasteiger partial charge in [-0.15, -0.1) is 0 Å². The van der Waals surface area contributed by atoms with Gasteiger partial charge in [0.15, 0.2) is 0 Å². The maximum atomic E-state index is 12.5. The number of aliphatic hydroxyl groups is 2. The molecule has 0 saturated heterocycles. The summed E-state index contributed by atoms with van der Waals surface area (Å²) in [6.45, 7) is 4.39. The molecule has 0 aromatic carbocycles. The lowest BCUT2D eigenvalue weighted by molar-refractivity contribution is -0.123. The number of hydrogen-bond acceptors (Lipinski definition) is 3. The first-order valence-corrected chi connectivity index (χ1v) is 32.0. The Morgan fingerprint density at radius 1 is 0.348 bits per heavy atom. The summed E-state index contributed by atoms with van der Waals surface area (Å²) in [5, 5.41) is 23.4. The first-order chi connectivity index (χ1) is 34.2. The van der Waals surface area contributed by atoms with Gasteiger partial charge in [0.05, 0.1) is 18.8 Å². The van der Waals surface area contributed by atoms with Crippen LogP contribution in [0.2, 0.25) is 0 Å². The Bertz CT molecular complexity index is 1010. The van der Waals surface area contributed by atoms with Crippen LogP contribution in [0.3, 0.4) is 0 Å². The van der Waals surface area contributed by atoms with E-state index in [9.17, 15) is 15.0 Å². The minimum Gasteiger partial charge on any atom is -0.394 e. The molecule has 0 aromatic rings. The third kappa shape index (κ3) is 57.6. The van der Waals surface area contributed by atoms with E-state index in [1.165, 1.54) is 308 Å². The second-order valence-electron chi connectivity index (χ2n) is 22.2. The normalized spacial score (nSPS) is 12.8. The summed E-state index contributed by atoms with van der Waals surface area (Å²) in [5.41, 5.74) is 0. The van der Waals surface area contributed by atoms with Crippen molar-refractivity contribution in [3.63, 3.8) is 0 Å². The van der Waals surface area contributed by atoms with E-state index < -0.39 is 12.1 Å². The van der Waals surface area contributed by atoms with Crippen molar-refractivity contribution in [2.75, 3.05) is 6.61 Å². The maximum Gasteiger partial charge on any atom is 0.220 e. The Balaban J connectivity index is 3.35. The summed E-state index contributed by atoms with van der Waals surface area (Å²) in [4.78, 5) is 12.5. The van der Waals surface area contributed by atoms with Gasteiger partial charge in [-0.1, -0.05) is 340 Å². The summed E-state index contributed by atoms with van der Waals surface area (Å²) in [7, 11) is 0. The number of rotatable bonds is 60. The highest BCUT2D eigenvalue weighted by Gasteiger charge is 2.20. The first-order valence-electron chi connectivity index (χ1n) is 32.0. The molecular weight excluding hydrogens is 843 g/mol. The molecule has 0 aliphatic carbocycles. The number of carbonyl (C=O) groups is 1. The number of hydrogen-bond donors (Lipinski definition) is 3. The number of nitrogens with one attached hydrogen (secondary N) is 1. The van der Waals surface area contributed by atoms with Crippen LogP contribution in [0.1, 0.15) is 367 Å². The van der Waals surface area contributed by atoms with Crippen molar-refractivity contribution in [1.29, 1.82) is 0 Å². The minimum absolute atomic E-state index is 0.0227. The third-order valence-corrected chi connectivity index (χ3v) is 15.2.